The van der Waals surface area contributed by atoms with Gasteiger partial charge in [-0.15, -0.1) is 10.2 Å². The van der Waals surface area contributed by atoms with E-state index in [4.69, 9.17) is 27.6 Å². The molecular weight excluding hydrogens is 383 g/mol. The molecule has 1 N–H and O–H groups in total. The van der Waals surface area contributed by atoms with E-state index in [0.717, 1.165) is 0 Å². The Morgan fingerprint density at radius 3 is 2.80 bits per heavy atom. The molecule has 0 aliphatic carbocycles. The van der Waals surface area contributed by atoms with Crippen LogP contribution in [0, 0.1) is 0 Å². The topological polar surface area (TPSA) is 73.0 Å². The summed E-state index contributed by atoms with van der Waals surface area (Å²) >= 11 is 13.3. The van der Waals surface area contributed by atoms with Crippen molar-refractivity contribution in [3.63, 3.8) is 0 Å². The fourth-order valence-corrected chi connectivity index (χ4v) is 3.25. The second-order valence-electron chi connectivity index (χ2n) is 5.19. The number of thioether (sulfide) groups is 1. The van der Waals surface area contributed by atoms with Gasteiger partial charge in [0.15, 0.2) is 16.7 Å². The third-order valence-corrected chi connectivity index (χ3v) is 5.39. The van der Waals surface area contributed by atoms with Gasteiger partial charge in [-0.1, -0.05) is 41.0 Å². The lowest BCUT2D eigenvalue weighted by molar-refractivity contribution is -0.115. The molecule has 1 aromatic carbocycles. The summed E-state index contributed by atoms with van der Waals surface area (Å²) in [6.07, 6.45) is 1.57. The molecule has 9 heteroatoms. The van der Waals surface area contributed by atoms with Crippen molar-refractivity contribution in [2.45, 2.75) is 17.3 Å². The van der Waals surface area contributed by atoms with E-state index in [0.29, 0.717) is 32.5 Å². The van der Waals surface area contributed by atoms with Gasteiger partial charge in [-0.25, -0.2) is 0 Å². The Morgan fingerprint density at radius 2 is 2.08 bits per heavy atom. The predicted octanol–water partition coefficient (Wildman–Crippen LogP) is 4.50. The van der Waals surface area contributed by atoms with Crippen molar-refractivity contribution in [3.05, 3.63) is 46.6 Å². The molecule has 1 amide bonds. The van der Waals surface area contributed by atoms with Crippen LogP contribution >= 0.6 is 35.0 Å². The lowest BCUT2D eigenvalue weighted by atomic mass is 10.3. The average molecular weight is 397 g/mol. The van der Waals surface area contributed by atoms with Crippen molar-refractivity contribution in [2.24, 2.45) is 7.05 Å². The number of nitrogens with zero attached hydrogens (tertiary/aromatic N) is 3. The highest BCUT2D eigenvalue weighted by Crippen LogP contribution is 2.31. The molecule has 0 radical (unpaired) electrons. The first kappa shape index (κ1) is 17.8. The van der Waals surface area contributed by atoms with Gasteiger partial charge in [0.25, 0.3) is 0 Å². The Hall–Kier alpha value is -1.96. The van der Waals surface area contributed by atoms with E-state index in [1.807, 2.05) is 7.05 Å². The average Bonchev–Trinajstić information content (AvgIpc) is 3.22. The Bertz CT molecular complexity index is 896. The van der Waals surface area contributed by atoms with Crippen LogP contribution < -0.4 is 5.32 Å². The predicted molar refractivity (Wildman–Crippen MR) is 99.1 cm³/mol. The standard InChI is InChI=1S/C16H14Cl2N4O2S/c1-9(15(23)19-11-6-3-5-10(17)13(11)18)25-16-21-20-14(22(16)2)12-7-4-8-24-12/h3-9H,1-2H3,(H,19,23). The van der Waals surface area contributed by atoms with E-state index in [-0.39, 0.29) is 5.91 Å². The Labute approximate surface area is 158 Å². The lowest BCUT2D eigenvalue weighted by Gasteiger charge is -2.13. The van der Waals surface area contributed by atoms with Gasteiger partial charge in [0, 0.05) is 7.05 Å². The zero-order valence-corrected chi connectivity index (χ0v) is 15.7. The minimum absolute atomic E-state index is 0.211. The number of furan rings is 1. The first-order chi connectivity index (χ1) is 12.0. The highest BCUT2D eigenvalue weighted by molar-refractivity contribution is 8.00. The zero-order valence-electron chi connectivity index (χ0n) is 13.4. The number of aromatic nitrogens is 3. The summed E-state index contributed by atoms with van der Waals surface area (Å²) in [5.41, 5.74) is 0.473. The number of hydrogen-bond donors (Lipinski definition) is 1. The molecule has 3 aromatic rings. The van der Waals surface area contributed by atoms with Crippen LogP contribution in [0.1, 0.15) is 6.92 Å². The molecule has 0 fully saturated rings. The molecule has 3 rings (SSSR count). The number of rotatable bonds is 5. The maximum Gasteiger partial charge on any atom is 0.237 e. The third-order valence-electron chi connectivity index (χ3n) is 3.44. The van der Waals surface area contributed by atoms with Gasteiger partial charge in [0.1, 0.15) is 0 Å². The summed E-state index contributed by atoms with van der Waals surface area (Å²) in [6, 6.07) is 8.66. The van der Waals surface area contributed by atoms with Gasteiger partial charge in [0.2, 0.25) is 5.91 Å². The van der Waals surface area contributed by atoms with Crippen LogP contribution in [0.15, 0.2) is 46.2 Å². The molecular formula is C16H14Cl2N4O2S. The number of anilines is 1. The molecule has 2 heterocycles. The normalized spacial score (nSPS) is 12.2. The number of carbonyl (C=O) groups excluding carboxylic acids is 1. The molecule has 0 saturated carbocycles. The first-order valence-corrected chi connectivity index (χ1v) is 8.95. The molecule has 0 aliphatic heterocycles. The van der Waals surface area contributed by atoms with Gasteiger partial charge in [-0.3, -0.25) is 4.79 Å². The highest BCUT2D eigenvalue weighted by Gasteiger charge is 2.21. The number of nitrogens with one attached hydrogen (secondary N) is 1. The lowest BCUT2D eigenvalue weighted by Crippen LogP contribution is -2.23. The fraction of sp³-hybridized carbons (Fsp3) is 0.188. The summed E-state index contributed by atoms with van der Waals surface area (Å²) in [6.45, 7) is 1.78. The van der Waals surface area contributed by atoms with Crippen LogP contribution in [0.25, 0.3) is 11.6 Å². The zero-order chi connectivity index (χ0) is 18.0. The summed E-state index contributed by atoms with van der Waals surface area (Å²) in [7, 11) is 1.82. The van der Waals surface area contributed by atoms with Gasteiger partial charge in [-0.2, -0.15) is 0 Å². The van der Waals surface area contributed by atoms with Crippen molar-refractivity contribution >= 4 is 46.6 Å². The highest BCUT2D eigenvalue weighted by atomic mass is 35.5. The van der Waals surface area contributed by atoms with Crippen LogP contribution in [-0.4, -0.2) is 25.9 Å². The van der Waals surface area contributed by atoms with Crippen LogP contribution in [0.5, 0.6) is 0 Å². The van der Waals surface area contributed by atoms with Crippen LogP contribution in [0.3, 0.4) is 0 Å². The molecule has 2 aromatic heterocycles. The van der Waals surface area contributed by atoms with Crippen molar-refractivity contribution < 1.29 is 9.21 Å². The molecule has 0 saturated heterocycles. The number of hydrogen-bond acceptors (Lipinski definition) is 5. The van der Waals surface area contributed by atoms with Crippen molar-refractivity contribution in [2.75, 3.05) is 5.32 Å². The maximum absolute atomic E-state index is 12.4. The van der Waals surface area contributed by atoms with Crippen molar-refractivity contribution in [1.82, 2.24) is 14.8 Å². The van der Waals surface area contributed by atoms with Gasteiger partial charge >= 0.3 is 0 Å². The van der Waals surface area contributed by atoms with E-state index in [2.05, 4.69) is 15.5 Å². The second kappa shape index (κ2) is 7.51. The van der Waals surface area contributed by atoms with Gasteiger partial charge in [-0.05, 0) is 31.2 Å². The number of carbonyl (C=O) groups is 1. The Kier molecular flexibility index (Phi) is 5.36. The summed E-state index contributed by atoms with van der Waals surface area (Å²) in [5, 5.41) is 11.9. The third kappa shape index (κ3) is 3.84. The van der Waals surface area contributed by atoms with Crippen molar-refractivity contribution in [1.29, 1.82) is 0 Å². The molecule has 1 unspecified atom stereocenters. The molecule has 0 aliphatic rings. The minimum atomic E-state index is -0.414. The Balaban J connectivity index is 1.71. The summed E-state index contributed by atoms with van der Waals surface area (Å²) in [4.78, 5) is 12.4. The van der Waals surface area contributed by atoms with Crippen LogP contribution in [-0.2, 0) is 11.8 Å². The van der Waals surface area contributed by atoms with E-state index >= 15 is 0 Å². The van der Waals surface area contributed by atoms with E-state index in [9.17, 15) is 4.79 Å². The number of halogens is 2. The van der Waals surface area contributed by atoms with Crippen molar-refractivity contribution in [3.8, 4) is 11.6 Å². The van der Waals surface area contributed by atoms with E-state index < -0.39 is 5.25 Å². The molecule has 130 valence electrons. The maximum atomic E-state index is 12.4. The summed E-state index contributed by atoms with van der Waals surface area (Å²) < 4.78 is 7.11. The summed E-state index contributed by atoms with van der Waals surface area (Å²) in [5.74, 6) is 0.999. The quantitative estimate of drug-likeness (QED) is 0.642. The largest absolute Gasteiger partial charge is 0.461 e. The molecule has 25 heavy (non-hydrogen) atoms. The monoisotopic (exact) mass is 396 g/mol. The SMILES string of the molecule is CC(Sc1nnc(-c2ccco2)n1C)C(=O)Nc1cccc(Cl)c1Cl. The molecule has 0 bridgehead atoms. The first-order valence-electron chi connectivity index (χ1n) is 7.32. The van der Waals surface area contributed by atoms with Crippen LogP contribution in [0.4, 0.5) is 5.69 Å². The molecule has 6 nitrogen and oxygen atoms in total. The molecule has 0 spiro atoms. The minimum Gasteiger partial charge on any atom is -0.461 e. The smallest absolute Gasteiger partial charge is 0.237 e. The number of amides is 1. The van der Waals surface area contributed by atoms with Gasteiger partial charge < -0.3 is 14.3 Å². The van der Waals surface area contributed by atoms with Gasteiger partial charge in [0.05, 0.1) is 27.2 Å². The molecule has 1 atom stereocenters. The Morgan fingerprint density at radius 1 is 1.28 bits per heavy atom. The second-order valence-corrected chi connectivity index (χ2v) is 7.29. The van der Waals surface area contributed by atoms with E-state index in [1.165, 1.54) is 11.8 Å². The van der Waals surface area contributed by atoms with E-state index in [1.54, 1.807) is 48.1 Å². The number of benzene rings is 1. The fourth-order valence-electron chi connectivity index (χ4n) is 2.08. The van der Waals surface area contributed by atoms with Crippen LogP contribution in [0.2, 0.25) is 10.0 Å².